The highest BCUT2D eigenvalue weighted by molar-refractivity contribution is 5.81. The molecule has 0 aliphatic heterocycles. The molecule has 2 unspecified atom stereocenters. The monoisotopic (exact) mass is 254 g/mol. The first-order valence-electron chi connectivity index (χ1n) is 7.41. The van der Waals surface area contributed by atoms with Crippen LogP contribution in [0.1, 0.15) is 59.8 Å². The molecule has 2 atom stereocenters. The van der Waals surface area contributed by atoms with Gasteiger partial charge in [0, 0.05) is 6.54 Å². The van der Waals surface area contributed by atoms with Crippen molar-refractivity contribution in [3.63, 3.8) is 0 Å². The molecule has 18 heavy (non-hydrogen) atoms. The Balaban J connectivity index is 2.41. The number of rotatable bonds is 6. The molecule has 0 radical (unpaired) electrons. The number of carbonyl (C=O) groups is 1. The van der Waals surface area contributed by atoms with Crippen LogP contribution in [0.5, 0.6) is 0 Å². The van der Waals surface area contributed by atoms with Gasteiger partial charge in [0.15, 0.2) is 0 Å². The summed E-state index contributed by atoms with van der Waals surface area (Å²) in [6.07, 6.45) is 6.24. The van der Waals surface area contributed by atoms with Gasteiger partial charge < -0.3 is 11.1 Å². The van der Waals surface area contributed by atoms with Crippen LogP contribution in [0.15, 0.2) is 0 Å². The Morgan fingerprint density at radius 2 is 1.94 bits per heavy atom. The van der Waals surface area contributed by atoms with Crippen LogP contribution in [0.25, 0.3) is 0 Å². The van der Waals surface area contributed by atoms with E-state index in [-0.39, 0.29) is 23.3 Å². The molecule has 1 rings (SSSR count). The van der Waals surface area contributed by atoms with Crippen LogP contribution in [0, 0.1) is 17.3 Å². The van der Waals surface area contributed by atoms with Crippen molar-refractivity contribution in [2.45, 2.75) is 65.8 Å². The van der Waals surface area contributed by atoms with Gasteiger partial charge in [-0.1, -0.05) is 47.0 Å². The Labute approximate surface area is 112 Å². The van der Waals surface area contributed by atoms with Crippen molar-refractivity contribution in [2.75, 3.05) is 6.54 Å². The zero-order valence-corrected chi connectivity index (χ0v) is 12.5. The summed E-state index contributed by atoms with van der Waals surface area (Å²) in [4.78, 5) is 12.0. The highest BCUT2D eigenvalue weighted by Crippen LogP contribution is 2.38. The summed E-state index contributed by atoms with van der Waals surface area (Å²) in [6, 6.07) is -0.366. The number of carbonyl (C=O) groups excluding carboxylic acids is 1. The van der Waals surface area contributed by atoms with Gasteiger partial charge >= 0.3 is 0 Å². The van der Waals surface area contributed by atoms with E-state index in [0.717, 1.165) is 18.9 Å². The maximum atomic E-state index is 12.0. The minimum Gasteiger partial charge on any atom is -0.354 e. The predicted octanol–water partition coefficient (Wildman–Crippen LogP) is 2.69. The predicted molar refractivity (Wildman–Crippen MR) is 76.2 cm³/mol. The maximum Gasteiger partial charge on any atom is 0.237 e. The molecule has 0 aromatic rings. The normalized spacial score (nSPS) is 20.7. The largest absolute Gasteiger partial charge is 0.354 e. The SMILES string of the molecule is CCC(C)C(N)C(=O)NCC(C)(C)C1CCCC1. The van der Waals surface area contributed by atoms with E-state index in [9.17, 15) is 4.79 Å². The summed E-state index contributed by atoms with van der Waals surface area (Å²) in [5.41, 5.74) is 6.14. The van der Waals surface area contributed by atoms with Crippen molar-refractivity contribution < 1.29 is 4.79 Å². The fraction of sp³-hybridized carbons (Fsp3) is 0.933. The molecular weight excluding hydrogens is 224 g/mol. The lowest BCUT2D eigenvalue weighted by molar-refractivity contribution is -0.124. The molecule has 3 nitrogen and oxygen atoms in total. The quantitative estimate of drug-likeness (QED) is 0.765. The molecule has 106 valence electrons. The second-order valence-corrected chi connectivity index (χ2v) is 6.60. The first-order valence-corrected chi connectivity index (χ1v) is 7.41. The molecule has 0 spiro atoms. The summed E-state index contributed by atoms with van der Waals surface area (Å²) >= 11 is 0. The molecule has 1 fully saturated rings. The summed E-state index contributed by atoms with van der Waals surface area (Å²) < 4.78 is 0. The molecule has 1 saturated carbocycles. The number of nitrogens with one attached hydrogen (secondary N) is 1. The van der Waals surface area contributed by atoms with Gasteiger partial charge in [-0.2, -0.15) is 0 Å². The molecular formula is C15H30N2O. The van der Waals surface area contributed by atoms with Crippen LogP contribution in [0.2, 0.25) is 0 Å². The minimum absolute atomic E-state index is 0.00965. The van der Waals surface area contributed by atoms with Crippen molar-refractivity contribution in [3.05, 3.63) is 0 Å². The maximum absolute atomic E-state index is 12.0. The lowest BCUT2D eigenvalue weighted by atomic mass is 9.77. The number of hydrogen-bond donors (Lipinski definition) is 2. The van der Waals surface area contributed by atoms with E-state index in [1.54, 1.807) is 0 Å². The summed E-state index contributed by atoms with van der Waals surface area (Å²) in [5.74, 6) is 1.01. The third kappa shape index (κ3) is 3.98. The van der Waals surface area contributed by atoms with Gasteiger partial charge in [0.2, 0.25) is 5.91 Å². The molecule has 3 heteroatoms. The molecule has 0 aromatic heterocycles. The third-order valence-electron chi connectivity index (χ3n) is 4.74. The minimum atomic E-state index is -0.366. The number of amides is 1. The van der Waals surface area contributed by atoms with Gasteiger partial charge in [-0.15, -0.1) is 0 Å². The van der Waals surface area contributed by atoms with Gasteiger partial charge in [0.05, 0.1) is 6.04 Å². The average molecular weight is 254 g/mol. The highest BCUT2D eigenvalue weighted by Gasteiger charge is 2.32. The number of nitrogens with two attached hydrogens (primary N) is 1. The topological polar surface area (TPSA) is 55.1 Å². The summed E-state index contributed by atoms with van der Waals surface area (Å²) in [6.45, 7) is 9.38. The Morgan fingerprint density at radius 3 is 2.44 bits per heavy atom. The summed E-state index contributed by atoms with van der Waals surface area (Å²) in [5, 5.41) is 3.05. The Kier molecular flexibility index (Phi) is 5.64. The van der Waals surface area contributed by atoms with Crippen LogP contribution < -0.4 is 11.1 Å². The van der Waals surface area contributed by atoms with Gasteiger partial charge in [0.1, 0.15) is 0 Å². The lowest BCUT2D eigenvalue weighted by Crippen LogP contribution is -2.48. The average Bonchev–Trinajstić information content (AvgIpc) is 2.88. The van der Waals surface area contributed by atoms with Gasteiger partial charge in [-0.05, 0) is 30.1 Å². The van der Waals surface area contributed by atoms with Gasteiger partial charge in [-0.3, -0.25) is 4.79 Å². The Morgan fingerprint density at radius 1 is 1.39 bits per heavy atom. The lowest BCUT2D eigenvalue weighted by Gasteiger charge is -2.32. The van der Waals surface area contributed by atoms with Gasteiger partial charge in [-0.25, -0.2) is 0 Å². The molecule has 0 heterocycles. The van der Waals surface area contributed by atoms with Crippen LogP contribution in [0.4, 0.5) is 0 Å². The van der Waals surface area contributed by atoms with Crippen LogP contribution >= 0.6 is 0 Å². The second kappa shape index (κ2) is 6.55. The van der Waals surface area contributed by atoms with E-state index >= 15 is 0 Å². The van der Waals surface area contributed by atoms with Gasteiger partial charge in [0.25, 0.3) is 0 Å². The smallest absolute Gasteiger partial charge is 0.237 e. The second-order valence-electron chi connectivity index (χ2n) is 6.60. The van der Waals surface area contributed by atoms with Crippen molar-refractivity contribution in [1.29, 1.82) is 0 Å². The molecule has 0 bridgehead atoms. The van der Waals surface area contributed by atoms with E-state index in [0.29, 0.717) is 0 Å². The molecule has 0 aromatic carbocycles. The van der Waals surface area contributed by atoms with Crippen LogP contribution in [-0.2, 0) is 4.79 Å². The van der Waals surface area contributed by atoms with E-state index in [4.69, 9.17) is 5.73 Å². The fourth-order valence-electron chi connectivity index (χ4n) is 2.80. The summed E-state index contributed by atoms with van der Waals surface area (Å²) in [7, 11) is 0. The van der Waals surface area contributed by atoms with Crippen molar-refractivity contribution in [3.8, 4) is 0 Å². The molecule has 0 saturated heterocycles. The van der Waals surface area contributed by atoms with Crippen molar-refractivity contribution in [2.24, 2.45) is 23.0 Å². The van der Waals surface area contributed by atoms with E-state index in [2.05, 4.69) is 26.1 Å². The fourth-order valence-corrected chi connectivity index (χ4v) is 2.80. The molecule has 1 aliphatic rings. The van der Waals surface area contributed by atoms with Crippen LogP contribution in [0.3, 0.4) is 0 Å². The Bertz CT molecular complexity index is 270. The van der Waals surface area contributed by atoms with Crippen molar-refractivity contribution in [1.82, 2.24) is 5.32 Å². The standard InChI is InChI=1S/C15H30N2O/c1-5-11(2)13(16)14(18)17-10-15(3,4)12-8-6-7-9-12/h11-13H,5-10,16H2,1-4H3,(H,17,18). The Hall–Kier alpha value is -0.570. The van der Waals surface area contributed by atoms with Crippen LogP contribution in [-0.4, -0.2) is 18.5 Å². The first-order chi connectivity index (χ1) is 8.38. The third-order valence-corrected chi connectivity index (χ3v) is 4.74. The zero-order chi connectivity index (χ0) is 13.8. The first kappa shape index (κ1) is 15.5. The molecule has 1 aliphatic carbocycles. The number of hydrogen-bond acceptors (Lipinski definition) is 2. The molecule has 3 N–H and O–H groups in total. The molecule has 1 amide bonds. The van der Waals surface area contributed by atoms with E-state index in [1.165, 1.54) is 25.7 Å². The van der Waals surface area contributed by atoms with Crippen molar-refractivity contribution >= 4 is 5.91 Å². The highest BCUT2D eigenvalue weighted by atomic mass is 16.2. The van der Waals surface area contributed by atoms with E-state index in [1.807, 2.05) is 6.92 Å². The zero-order valence-electron chi connectivity index (χ0n) is 12.5. The van der Waals surface area contributed by atoms with E-state index < -0.39 is 0 Å².